The lowest BCUT2D eigenvalue weighted by Gasteiger charge is -2.52. The summed E-state index contributed by atoms with van der Waals surface area (Å²) < 4.78 is 0. The first-order valence-electron chi connectivity index (χ1n) is 29.7. The van der Waals surface area contributed by atoms with Crippen LogP contribution in [0.5, 0.6) is 0 Å². The topological polar surface area (TPSA) is 259 Å². The Labute approximate surface area is 489 Å². The molecule has 0 atom stereocenters. The molecule has 5 rings (SSSR count). The first-order chi connectivity index (χ1) is 37.1. The Morgan fingerprint density at radius 1 is 0.280 bits per heavy atom. The minimum Gasteiger partial charge on any atom is -0.393 e. The van der Waals surface area contributed by atoms with E-state index in [0.29, 0.717) is 64.2 Å². The monoisotopic (exact) mass is 1170 g/mol. The van der Waals surface area contributed by atoms with Gasteiger partial charge in [-0.1, -0.05) is 0 Å². The van der Waals surface area contributed by atoms with Crippen LogP contribution in [0.3, 0.4) is 0 Å². The van der Waals surface area contributed by atoms with Crippen molar-refractivity contribution in [3.63, 3.8) is 0 Å². The first kappa shape index (κ1) is 69.6. The highest BCUT2D eigenvalue weighted by Gasteiger charge is 2.53. The molecular weight excluding hydrogens is 1060 g/mol. The lowest BCUT2D eigenvalue weighted by Crippen LogP contribution is -2.63. The van der Waals surface area contributed by atoms with Crippen molar-refractivity contribution in [3.05, 3.63) is 0 Å². The van der Waals surface area contributed by atoms with Gasteiger partial charge >= 0.3 is 29.8 Å². The Balaban J connectivity index is 1.49. The van der Waals surface area contributed by atoms with Gasteiger partial charge in [-0.05, 0) is 203 Å². The fourth-order valence-corrected chi connectivity index (χ4v) is 15.1. The fourth-order valence-electron chi connectivity index (χ4n) is 15.1. The summed E-state index contributed by atoms with van der Waals surface area (Å²) in [6.45, 7) is 35.8. The normalized spacial score (nSPS) is 26.1. The summed E-state index contributed by atoms with van der Waals surface area (Å²) in [5.74, 6) is -3.36. The van der Waals surface area contributed by atoms with E-state index in [1.165, 1.54) is 0 Å². The average molecular weight is 1170 g/mol. The van der Waals surface area contributed by atoms with Crippen LogP contribution in [0.1, 0.15) is 203 Å². The first-order valence-corrected chi connectivity index (χ1v) is 29.7. The van der Waals surface area contributed by atoms with Gasteiger partial charge in [0, 0.05) is 26.2 Å². The molecule has 5 N–H and O–H groups in total. The zero-order chi connectivity index (χ0) is 62.4. The van der Waals surface area contributed by atoms with E-state index in [2.05, 4.69) is 0 Å². The standard InChI is InChI=1S/C59H108N8O15/c1-50(2)25-40(68)26-51(3,4)63(50)78-45(73)35-60(21-23-61(36-46(74)79-64-52(5,6)27-41(69)28-53(64,7)8)37-47(75)80-65-54(9,10)29-42(70)30-55(65,11)12)22-24-62(38-48(76)81-66-56(13,14)31-43(71)32-57(66,15)16)39-49(77)82-67-58(17,18)33-44(72)34-59(67,19)20/h40-44,68-72H,21-39H2,1-20H3. The fraction of sp³-hybridized carbons (Fsp3) is 0.915. The maximum absolute atomic E-state index is 14.5. The van der Waals surface area contributed by atoms with Crippen molar-refractivity contribution in [1.29, 1.82) is 0 Å². The number of hydrogen-bond acceptors (Lipinski definition) is 23. The molecule has 5 fully saturated rings. The molecule has 5 saturated heterocycles. The van der Waals surface area contributed by atoms with Gasteiger partial charge in [0.1, 0.15) is 0 Å². The highest BCUT2D eigenvalue weighted by atomic mass is 16.7. The Morgan fingerprint density at radius 3 is 0.549 bits per heavy atom. The van der Waals surface area contributed by atoms with Crippen molar-refractivity contribution < 1.29 is 73.7 Å². The molecule has 5 aliphatic heterocycles. The Kier molecular flexibility index (Phi) is 21.5. The third kappa shape index (κ3) is 18.0. The maximum Gasteiger partial charge on any atom is 0.339 e. The largest absolute Gasteiger partial charge is 0.393 e. The van der Waals surface area contributed by atoms with E-state index in [4.69, 9.17) is 24.2 Å². The summed E-state index contributed by atoms with van der Waals surface area (Å²) in [6, 6.07) is 0. The van der Waals surface area contributed by atoms with E-state index in [-0.39, 0.29) is 32.7 Å². The van der Waals surface area contributed by atoms with E-state index < -0.39 is 142 Å². The molecule has 0 aliphatic carbocycles. The van der Waals surface area contributed by atoms with E-state index in [1.54, 1.807) is 40.0 Å². The summed E-state index contributed by atoms with van der Waals surface area (Å²) in [7, 11) is 0. The summed E-state index contributed by atoms with van der Waals surface area (Å²) in [4.78, 5) is 107. The van der Waals surface area contributed by atoms with Crippen LogP contribution >= 0.6 is 0 Å². The second kappa shape index (κ2) is 25.3. The highest BCUT2D eigenvalue weighted by Crippen LogP contribution is 2.43. The number of hydrogen-bond donors (Lipinski definition) is 5. The molecule has 0 amide bonds. The van der Waals surface area contributed by atoms with Gasteiger partial charge in [-0.2, -0.15) is 0 Å². The number of piperidine rings is 5. The zero-order valence-electron chi connectivity index (χ0n) is 53.7. The third-order valence-corrected chi connectivity index (χ3v) is 17.0. The SMILES string of the molecule is CC1(C)CC(O)CC(C)(C)N1OC(=O)CN(CCN(CC(=O)ON1C(C)(C)CC(O)CC1(C)C)CC(=O)ON1C(C)(C)CC(O)CC1(C)C)CCN(CC(=O)ON1C(C)(C)CC(O)CC1(C)C)CC(=O)ON1C(C)(C)CC(O)CC1(C)C. The molecule has 0 aromatic rings. The van der Waals surface area contributed by atoms with Crippen molar-refractivity contribution in [2.75, 3.05) is 58.9 Å². The van der Waals surface area contributed by atoms with Gasteiger partial charge in [-0.25, -0.2) is 24.0 Å². The summed E-state index contributed by atoms with van der Waals surface area (Å²) in [6.07, 6.45) is 0.332. The van der Waals surface area contributed by atoms with Crippen molar-refractivity contribution >= 4 is 29.8 Å². The molecule has 0 radical (unpaired) electrons. The minimum absolute atomic E-state index is 0.0125. The summed E-state index contributed by atoms with van der Waals surface area (Å²) in [5, 5.41) is 61.9. The third-order valence-electron chi connectivity index (χ3n) is 17.0. The predicted octanol–water partition coefficient (Wildman–Crippen LogP) is 4.25. The van der Waals surface area contributed by atoms with Crippen LogP contribution in [0, 0.1) is 0 Å². The van der Waals surface area contributed by atoms with E-state index >= 15 is 0 Å². The second-order valence-electron chi connectivity index (χ2n) is 30.9. The van der Waals surface area contributed by atoms with Gasteiger partial charge in [0.05, 0.1) is 119 Å². The van der Waals surface area contributed by atoms with Crippen LogP contribution < -0.4 is 0 Å². The molecule has 5 heterocycles. The number of nitrogens with zero attached hydrogens (tertiary/aromatic N) is 8. The quantitative estimate of drug-likeness (QED) is 0.108. The number of carbonyl (C=O) groups excluding carboxylic acids is 5. The number of hydroxylamine groups is 10. The molecule has 0 unspecified atom stereocenters. The minimum atomic E-state index is -0.757. The molecule has 0 aromatic carbocycles. The van der Waals surface area contributed by atoms with Crippen molar-refractivity contribution in [3.8, 4) is 0 Å². The van der Waals surface area contributed by atoms with Crippen LogP contribution in [0.15, 0.2) is 0 Å². The highest BCUT2D eigenvalue weighted by molar-refractivity contribution is 5.76. The molecule has 23 heteroatoms. The van der Waals surface area contributed by atoms with Gasteiger partial charge in [0.15, 0.2) is 0 Å². The van der Waals surface area contributed by atoms with Crippen LogP contribution in [0.2, 0.25) is 0 Å². The molecule has 5 aliphatic rings. The van der Waals surface area contributed by atoms with Crippen LogP contribution in [-0.2, 0) is 48.2 Å². The molecule has 0 aromatic heterocycles. The smallest absolute Gasteiger partial charge is 0.339 e. The van der Waals surface area contributed by atoms with Gasteiger partial charge in [-0.3, -0.25) is 14.7 Å². The van der Waals surface area contributed by atoms with Crippen molar-refractivity contribution in [2.24, 2.45) is 0 Å². The molecule has 23 nitrogen and oxygen atoms in total. The lowest BCUT2D eigenvalue weighted by molar-refractivity contribution is -0.279. The number of rotatable bonds is 21. The van der Waals surface area contributed by atoms with E-state index in [1.807, 2.05) is 138 Å². The van der Waals surface area contributed by atoms with Crippen LogP contribution in [-0.4, -0.2) is 240 Å². The van der Waals surface area contributed by atoms with Gasteiger partial charge in [0.2, 0.25) is 0 Å². The van der Waals surface area contributed by atoms with Crippen LogP contribution in [0.25, 0.3) is 0 Å². The number of aliphatic hydroxyl groups is 5. The van der Waals surface area contributed by atoms with Crippen molar-refractivity contribution in [2.45, 2.75) is 289 Å². The lowest BCUT2D eigenvalue weighted by atomic mass is 9.80. The van der Waals surface area contributed by atoms with Crippen molar-refractivity contribution in [1.82, 2.24) is 40.0 Å². The van der Waals surface area contributed by atoms with E-state index in [9.17, 15) is 49.5 Å². The summed E-state index contributed by atoms with van der Waals surface area (Å²) in [5.41, 5.74) is -7.52. The summed E-state index contributed by atoms with van der Waals surface area (Å²) >= 11 is 0. The van der Waals surface area contributed by atoms with Gasteiger partial charge in [0.25, 0.3) is 0 Å². The molecular formula is C59H108N8O15. The maximum atomic E-state index is 14.5. The van der Waals surface area contributed by atoms with E-state index in [0.717, 1.165) is 0 Å². The average Bonchev–Trinajstić information content (AvgIpc) is 3.48. The molecule has 82 heavy (non-hydrogen) atoms. The van der Waals surface area contributed by atoms with Gasteiger partial charge < -0.3 is 49.7 Å². The van der Waals surface area contributed by atoms with Crippen LogP contribution in [0.4, 0.5) is 0 Å². The number of aliphatic hydroxyl groups excluding tert-OH is 5. The number of carbonyl (C=O) groups is 5. The molecule has 0 saturated carbocycles. The second-order valence-corrected chi connectivity index (χ2v) is 30.9. The molecule has 0 spiro atoms. The molecule has 474 valence electrons. The Morgan fingerprint density at radius 2 is 0.402 bits per heavy atom. The zero-order valence-corrected chi connectivity index (χ0v) is 53.7. The predicted molar refractivity (Wildman–Crippen MR) is 306 cm³/mol. The Hall–Kier alpha value is -3.17. The Bertz CT molecular complexity index is 1920. The molecule has 0 bridgehead atoms. The van der Waals surface area contributed by atoms with Gasteiger partial charge in [-0.15, -0.1) is 25.3 Å².